The van der Waals surface area contributed by atoms with E-state index in [4.69, 9.17) is 16.0 Å². The maximum atomic E-state index is 12.2. The number of ketones is 1. The highest BCUT2D eigenvalue weighted by molar-refractivity contribution is 7.99. The van der Waals surface area contributed by atoms with Gasteiger partial charge in [0.25, 0.3) is 10.9 Å². The van der Waals surface area contributed by atoms with Gasteiger partial charge in [-0.15, -0.1) is 0 Å². The van der Waals surface area contributed by atoms with Crippen molar-refractivity contribution in [2.45, 2.75) is 5.22 Å². The van der Waals surface area contributed by atoms with Crippen LogP contribution < -0.4 is 0 Å². The van der Waals surface area contributed by atoms with Crippen LogP contribution in [0.25, 0.3) is 11.1 Å². The highest BCUT2D eigenvalue weighted by atomic mass is 35.5. The van der Waals surface area contributed by atoms with Crippen molar-refractivity contribution in [3.63, 3.8) is 0 Å². The Bertz CT molecular complexity index is 876. The number of nitrogens with zero attached hydrogens (tertiary/aromatic N) is 2. The van der Waals surface area contributed by atoms with Gasteiger partial charge in [0.1, 0.15) is 5.52 Å². The maximum absolute atomic E-state index is 12.2. The van der Waals surface area contributed by atoms with Crippen molar-refractivity contribution in [3.8, 4) is 0 Å². The molecule has 0 aliphatic rings. The maximum Gasteiger partial charge on any atom is 0.270 e. The number of nitro benzene ring substituents is 1. The van der Waals surface area contributed by atoms with E-state index >= 15 is 0 Å². The number of carbonyl (C=O) groups excluding carboxylic acids is 1. The van der Waals surface area contributed by atoms with Crippen molar-refractivity contribution in [1.29, 1.82) is 0 Å². The molecule has 0 spiro atoms. The van der Waals surface area contributed by atoms with E-state index in [1.165, 1.54) is 18.2 Å². The Morgan fingerprint density at radius 1 is 1.30 bits per heavy atom. The summed E-state index contributed by atoms with van der Waals surface area (Å²) in [5.41, 5.74) is 1.28. The molecule has 0 saturated heterocycles. The Hall–Kier alpha value is -2.38. The number of hydrogen-bond acceptors (Lipinski definition) is 6. The zero-order valence-electron chi connectivity index (χ0n) is 11.6. The van der Waals surface area contributed by atoms with Crippen LogP contribution in [0.5, 0.6) is 0 Å². The number of halogens is 1. The van der Waals surface area contributed by atoms with E-state index in [1.54, 1.807) is 6.07 Å². The summed E-state index contributed by atoms with van der Waals surface area (Å²) in [5.74, 6) is -0.306. The molecule has 0 saturated carbocycles. The fourth-order valence-electron chi connectivity index (χ4n) is 1.96. The summed E-state index contributed by atoms with van der Waals surface area (Å²) < 4.78 is 5.50. The number of Topliss-reactive ketones (excluding diaryl/α,β-unsaturated/α-hetero) is 1. The molecule has 0 bridgehead atoms. The van der Waals surface area contributed by atoms with Crippen LogP contribution in [0.15, 0.2) is 52.1 Å². The standard InChI is InChI=1S/C15H9ClN2O4S/c16-11-6-5-9(18(20)21)7-10(11)13(19)8-23-15-17-12-3-1-2-4-14(12)22-15/h1-7H,8H2. The minimum atomic E-state index is -0.568. The summed E-state index contributed by atoms with van der Waals surface area (Å²) in [6.45, 7) is 0. The van der Waals surface area contributed by atoms with Gasteiger partial charge in [-0.05, 0) is 18.2 Å². The van der Waals surface area contributed by atoms with Gasteiger partial charge in [-0.25, -0.2) is 4.98 Å². The number of aromatic nitrogens is 1. The predicted octanol–water partition coefficient (Wildman–Crippen LogP) is 4.36. The molecule has 0 radical (unpaired) electrons. The second-order valence-corrected chi connectivity index (χ2v) is 5.91. The quantitative estimate of drug-likeness (QED) is 0.294. The van der Waals surface area contributed by atoms with Crippen molar-refractivity contribution < 1.29 is 14.1 Å². The average Bonchev–Trinajstić information content (AvgIpc) is 2.95. The van der Waals surface area contributed by atoms with Gasteiger partial charge in [-0.2, -0.15) is 0 Å². The minimum Gasteiger partial charge on any atom is -0.431 e. The molecule has 2 aromatic carbocycles. The summed E-state index contributed by atoms with van der Waals surface area (Å²) in [4.78, 5) is 26.7. The third kappa shape index (κ3) is 3.35. The van der Waals surface area contributed by atoms with E-state index in [0.717, 1.165) is 11.8 Å². The zero-order valence-corrected chi connectivity index (χ0v) is 13.1. The summed E-state index contributed by atoms with van der Waals surface area (Å²) in [6.07, 6.45) is 0. The fraction of sp³-hybridized carbons (Fsp3) is 0.0667. The molecule has 1 aromatic heterocycles. The number of fused-ring (bicyclic) bond motifs is 1. The van der Waals surface area contributed by atoms with Gasteiger partial charge in [0.05, 0.1) is 15.7 Å². The van der Waals surface area contributed by atoms with Crippen LogP contribution in [0, 0.1) is 10.1 Å². The van der Waals surface area contributed by atoms with Crippen molar-refractivity contribution in [2.24, 2.45) is 0 Å². The Morgan fingerprint density at radius 2 is 2.09 bits per heavy atom. The van der Waals surface area contributed by atoms with E-state index < -0.39 is 4.92 Å². The van der Waals surface area contributed by atoms with Gasteiger partial charge in [0.2, 0.25) is 0 Å². The van der Waals surface area contributed by atoms with Gasteiger partial charge < -0.3 is 4.42 Å². The predicted molar refractivity (Wildman–Crippen MR) is 87.2 cm³/mol. The van der Waals surface area contributed by atoms with Gasteiger partial charge in [-0.3, -0.25) is 14.9 Å². The van der Waals surface area contributed by atoms with Crippen LogP contribution in [-0.2, 0) is 0 Å². The van der Waals surface area contributed by atoms with Crippen molar-refractivity contribution in [2.75, 3.05) is 5.75 Å². The largest absolute Gasteiger partial charge is 0.431 e. The fourth-order valence-corrected chi connectivity index (χ4v) is 2.90. The third-order valence-corrected chi connectivity index (χ3v) is 4.22. The lowest BCUT2D eigenvalue weighted by Gasteiger charge is -2.02. The number of carbonyl (C=O) groups is 1. The van der Waals surface area contributed by atoms with Crippen LogP contribution in [0.3, 0.4) is 0 Å². The molecule has 6 nitrogen and oxygen atoms in total. The second-order valence-electron chi connectivity index (χ2n) is 4.58. The Morgan fingerprint density at radius 3 is 2.83 bits per heavy atom. The first kappa shape index (κ1) is 15.5. The number of rotatable bonds is 5. The zero-order chi connectivity index (χ0) is 16.4. The molecule has 0 amide bonds. The molecule has 23 heavy (non-hydrogen) atoms. The van der Waals surface area contributed by atoms with E-state index in [2.05, 4.69) is 4.98 Å². The number of nitro groups is 1. The molecule has 0 aliphatic carbocycles. The molecule has 8 heteroatoms. The Balaban J connectivity index is 1.76. The molecule has 0 aliphatic heterocycles. The summed E-state index contributed by atoms with van der Waals surface area (Å²) in [5, 5.41) is 11.3. The van der Waals surface area contributed by atoms with Crippen LogP contribution >= 0.6 is 23.4 Å². The number of benzene rings is 2. The third-order valence-electron chi connectivity index (χ3n) is 3.06. The van der Waals surface area contributed by atoms with E-state index in [1.807, 2.05) is 18.2 Å². The normalized spacial score (nSPS) is 10.8. The monoisotopic (exact) mass is 348 g/mol. The van der Waals surface area contributed by atoms with Gasteiger partial charge in [0, 0.05) is 17.7 Å². The molecule has 0 N–H and O–H groups in total. The molecular weight excluding hydrogens is 340 g/mol. The summed E-state index contributed by atoms with van der Waals surface area (Å²) in [7, 11) is 0. The number of oxazole rings is 1. The van der Waals surface area contributed by atoms with Crippen molar-refractivity contribution >= 4 is 45.9 Å². The molecule has 116 valence electrons. The van der Waals surface area contributed by atoms with E-state index in [-0.39, 0.29) is 27.8 Å². The highest BCUT2D eigenvalue weighted by Gasteiger charge is 2.17. The van der Waals surface area contributed by atoms with E-state index in [9.17, 15) is 14.9 Å². The average molecular weight is 349 g/mol. The molecular formula is C15H9ClN2O4S. The Kier molecular flexibility index (Phi) is 4.31. The lowest BCUT2D eigenvalue weighted by atomic mass is 10.1. The molecule has 0 atom stereocenters. The summed E-state index contributed by atoms with van der Waals surface area (Å²) in [6, 6.07) is 11.0. The lowest BCUT2D eigenvalue weighted by molar-refractivity contribution is -0.384. The number of thioether (sulfide) groups is 1. The second kappa shape index (κ2) is 6.39. The first-order chi connectivity index (χ1) is 11.0. The van der Waals surface area contributed by atoms with Gasteiger partial charge >= 0.3 is 0 Å². The molecule has 0 unspecified atom stereocenters. The van der Waals surface area contributed by atoms with Crippen LogP contribution in [0.4, 0.5) is 5.69 Å². The highest BCUT2D eigenvalue weighted by Crippen LogP contribution is 2.27. The van der Waals surface area contributed by atoms with Crippen molar-refractivity contribution in [3.05, 3.63) is 63.2 Å². The topological polar surface area (TPSA) is 86.2 Å². The molecule has 0 fully saturated rings. The van der Waals surface area contributed by atoms with Crippen LogP contribution in [0.1, 0.15) is 10.4 Å². The minimum absolute atomic E-state index is 0.0215. The van der Waals surface area contributed by atoms with Crippen molar-refractivity contribution in [1.82, 2.24) is 4.98 Å². The van der Waals surface area contributed by atoms with E-state index in [0.29, 0.717) is 16.3 Å². The van der Waals surface area contributed by atoms with Gasteiger partial charge in [0.15, 0.2) is 11.4 Å². The summed E-state index contributed by atoms with van der Waals surface area (Å²) >= 11 is 7.07. The molecule has 3 rings (SSSR count). The smallest absolute Gasteiger partial charge is 0.270 e. The molecule has 3 aromatic rings. The SMILES string of the molecule is O=C(CSc1nc2ccccc2o1)c1cc([N+](=O)[O-])ccc1Cl. The van der Waals surface area contributed by atoms with Crippen LogP contribution in [-0.4, -0.2) is 21.4 Å². The lowest BCUT2D eigenvalue weighted by Crippen LogP contribution is -2.04. The number of hydrogen-bond donors (Lipinski definition) is 0. The first-order valence-electron chi connectivity index (χ1n) is 6.50. The number of non-ortho nitro benzene ring substituents is 1. The number of para-hydroxylation sites is 2. The van der Waals surface area contributed by atoms with Crippen LogP contribution in [0.2, 0.25) is 5.02 Å². The molecule has 1 heterocycles. The Labute approximate surface area is 139 Å². The van der Waals surface area contributed by atoms with Gasteiger partial charge in [-0.1, -0.05) is 35.5 Å². The first-order valence-corrected chi connectivity index (χ1v) is 7.86.